The fourth-order valence-corrected chi connectivity index (χ4v) is 4.15. The maximum atomic E-state index is 13.2. The first kappa shape index (κ1) is 17.9. The molecule has 3 heterocycles. The lowest BCUT2D eigenvalue weighted by Gasteiger charge is -2.33. The van der Waals surface area contributed by atoms with E-state index in [0.29, 0.717) is 26.1 Å². The van der Waals surface area contributed by atoms with Gasteiger partial charge in [0, 0.05) is 29.7 Å². The Balaban J connectivity index is 1.50. The molecule has 0 radical (unpaired) electrons. The van der Waals surface area contributed by atoms with Crippen molar-refractivity contribution >= 4 is 22.9 Å². The van der Waals surface area contributed by atoms with Gasteiger partial charge in [0.05, 0.1) is 6.54 Å². The average Bonchev–Trinajstić information content (AvgIpc) is 3.23. The molecule has 2 aliphatic heterocycles. The molecule has 1 aromatic heterocycles. The second-order valence-corrected chi connectivity index (χ2v) is 8.47. The summed E-state index contributed by atoms with van der Waals surface area (Å²) in [5.41, 5.74) is 2.98. The van der Waals surface area contributed by atoms with E-state index < -0.39 is 11.6 Å². The molecule has 0 unspecified atom stereocenters. The van der Waals surface area contributed by atoms with E-state index in [4.69, 9.17) is 4.74 Å². The third-order valence-electron chi connectivity index (χ3n) is 5.36. The van der Waals surface area contributed by atoms with E-state index >= 15 is 0 Å². The summed E-state index contributed by atoms with van der Waals surface area (Å²) >= 11 is 0. The van der Waals surface area contributed by atoms with Crippen LogP contribution in [0, 0.1) is 0 Å². The van der Waals surface area contributed by atoms with E-state index in [2.05, 4.69) is 17.1 Å². The van der Waals surface area contributed by atoms with Crippen LogP contribution < -0.4 is 0 Å². The Labute approximate surface area is 159 Å². The van der Waals surface area contributed by atoms with Gasteiger partial charge in [-0.25, -0.2) is 4.79 Å². The van der Waals surface area contributed by atoms with E-state index in [9.17, 15) is 9.59 Å². The van der Waals surface area contributed by atoms with Gasteiger partial charge >= 0.3 is 6.09 Å². The molecule has 1 fully saturated rings. The monoisotopic (exact) mass is 369 g/mol. The molecular formula is C21H27N3O3. The number of benzene rings is 1. The number of aromatic amines is 1. The average molecular weight is 369 g/mol. The summed E-state index contributed by atoms with van der Waals surface area (Å²) in [5, 5.41) is 1.25. The van der Waals surface area contributed by atoms with Crippen molar-refractivity contribution in [3.63, 3.8) is 0 Å². The molecule has 0 bridgehead atoms. The third kappa shape index (κ3) is 3.40. The van der Waals surface area contributed by atoms with Crippen molar-refractivity contribution in [2.75, 3.05) is 13.1 Å². The van der Waals surface area contributed by atoms with Crippen molar-refractivity contribution < 1.29 is 14.3 Å². The van der Waals surface area contributed by atoms with E-state index in [-0.39, 0.29) is 12.0 Å². The number of nitrogens with one attached hydrogen (secondary N) is 1. The van der Waals surface area contributed by atoms with Crippen LogP contribution in [-0.2, 0) is 22.5 Å². The van der Waals surface area contributed by atoms with Crippen LogP contribution in [-0.4, -0.2) is 51.5 Å². The van der Waals surface area contributed by atoms with Crippen LogP contribution in [0.3, 0.4) is 0 Å². The predicted molar refractivity (Wildman–Crippen MR) is 103 cm³/mol. The number of carbonyl (C=O) groups is 2. The minimum atomic E-state index is -0.558. The summed E-state index contributed by atoms with van der Waals surface area (Å²) in [4.78, 5) is 32.6. The van der Waals surface area contributed by atoms with Crippen molar-refractivity contribution in [2.24, 2.45) is 0 Å². The summed E-state index contributed by atoms with van der Waals surface area (Å²) in [5.74, 6) is 0.0302. The number of rotatable bonds is 1. The van der Waals surface area contributed by atoms with Crippen LogP contribution in [0.1, 0.15) is 44.9 Å². The quantitative estimate of drug-likeness (QED) is 0.837. The zero-order chi connectivity index (χ0) is 19.2. The SMILES string of the molecule is CC(C)(C)OC(=O)N1CCC[C@H]1C(=O)N1CCc2c([nH]c3ccccc23)C1. The molecule has 1 N–H and O–H groups in total. The van der Waals surface area contributed by atoms with Crippen LogP contribution in [0.25, 0.3) is 10.9 Å². The number of ether oxygens (including phenoxy) is 1. The summed E-state index contributed by atoms with van der Waals surface area (Å²) in [7, 11) is 0. The Bertz CT molecular complexity index is 880. The first-order valence-corrected chi connectivity index (χ1v) is 9.70. The second kappa shape index (κ2) is 6.59. The number of amides is 2. The Morgan fingerprint density at radius 1 is 1.19 bits per heavy atom. The zero-order valence-electron chi connectivity index (χ0n) is 16.2. The molecule has 144 valence electrons. The van der Waals surface area contributed by atoms with Gasteiger partial charge in [-0.15, -0.1) is 0 Å². The molecule has 6 heteroatoms. The Morgan fingerprint density at radius 2 is 1.96 bits per heavy atom. The van der Waals surface area contributed by atoms with Gasteiger partial charge in [0.25, 0.3) is 0 Å². The molecule has 0 spiro atoms. The van der Waals surface area contributed by atoms with E-state index in [0.717, 1.165) is 24.1 Å². The normalized spacial score (nSPS) is 20.0. The highest BCUT2D eigenvalue weighted by Crippen LogP contribution is 2.29. The number of para-hydroxylation sites is 1. The maximum Gasteiger partial charge on any atom is 0.410 e. The minimum Gasteiger partial charge on any atom is -0.444 e. The molecule has 2 amide bonds. The molecule has 1 saturated heterocycles. The van der Waals surface area contributed by atoms with Crippen molar-refractivity contribution in [3.8, 4) is 0 Å². The summed E-state index contributed by atoms with van der Waals surface area (Å²) in [6.45, 7) is 7.38. The van der Waals surface area contributed by atoms with Gasteiger partial charge in [-0.2, -0.15) is 0 Å². The molecule has 1 atom stereocenters. The molecule has 2 aliphatic rings. The number of nitrogens with zero attached hydrogens (tertiary/aromatic N) is 2. The van der Waals surface area contributed by atoms with Crippen molar-refractivity contribution in [2.45, 2.75) is 58.2 Å². The molecule has 6 nitrogen and oxygen atoms in total. The van der Waals surface area contributed by atoms with Gasteiger partial charge in [0.15, 0.2) is 0 Å². The maximum absolute atomic E-state index is 13.2. The molecule has 27 heavy (non-hydrogen) atoms. The topological polar surface area (TPSA) is 65.6 Å². The van der Waals surface area contributed by atoms with Crippen molar-refractivity contribution in [1.29, 1.82) is 0 Å². The Hall–Kier alpha value is -2.50. The number of hydrogen-bond donors (Lipinski definition) is 1. The fourth-order valence-electron chi connectivity index (χ4n) is 4.15. The van der Waals surface area contributed by atoms with Gasteiger partial charge in [-0.1, -0.05) is 18.2 Å². The van der Waals surface area contributed by atoms with Gasteiger partial charge in [-0.05, 0) is 51.7 Å². The van der Waals surface area contributed by atoms with Gasteiger partial charge < -0.3 is 14.6 Å². The van der Waals surface area contributed by atoms with Gasteiger partial charge in [0.2, 0.25) is 5.91 Å². The summed E-state index contributed by atoms with van der Waals surface area (Å²) in [6, 6.07) is 7.85. The molecule has 0 saturated carbocycles. The van der Waals surface area contributed by atoms with E-state index in [1.807, 2.05) is 37.8 Å². The number of fused-ring (bicyclic) bond motifs is 3. The Kier molecular flexibility index (Phi) is 4.36. The number of H-pyrrole nitrogens is 1. The predicted octanol–water partition coefficient (Wildman–Crippen LogP) is 3.45. The largest absolute Gasteiger partial charge is 0.444 e. The number of carbonyl (C=O) groups excluding carboxylic acids is 2. The van der Waals surface area contributed by atoms with Crippen molar-refractivity contribution in [1.82, 2.24) is 14.8 Å². The summed E-state index contributed by atoms with van der Waals surface area (Å²) < 4.78 is 5.50. The van der Waals surface area contributed by atoms with Crippen LogP contribution in [0.4, 0.5) is 4.79 Å². The molecule has 1 aromatic carbocycles. The fraction of sp³-hybridized carbons (Fsp3) is 0.524. The van der Waals surface area contributed by atoms with Crippen LogP contribution in [0.2, 0.25) is 0 Å². The highest BCUT2D eigenvalue weighted by molar-refractivity contribution is 5.88. The molecule has 4 rings (SSSR count). The molecule has 0 aliphatic carbocycles. The zero-order valence-corrected chi connectivity index (χ0v) is 16.2. The number of hydrogen-bond acceptors (Lipinski definition) is 3. The number of likely N-dealkylation sites (tertiary alicyclic amines) is 1. The van der Waals surface area contributed by atoms with E-state index in [1.54, 1.807) is 4.90 Å². The lowest BCUT2D eigenvalue weighted by atomic mass is 10.0. The first-order chi connectivity index (χ1) is 12.8. The van der Waals surface area contributed by atoms with E-state index in [1.165, 1.54) is 10.9 Å². The minimum absolute atomic E-state index is 0.0302. The lowest BCUT2D eigenvalue weighted by Crippen LogP contribution is -2.50. The Morgan fingerprint density at radius 3 is 2.74 bits per heavy atom. The number of aromatic nitrogens is 1. The van der Waals surface area contributed by atoms with Crippen LogP contribution >= 0.6 is 0 Å². The van der Waals surface area contributed by atoms with Gasteiger partial charge in [0.1, 0.15) is 11.6 Å². The smallest absolute Gasteiger partial charge is 0.410 e. The molecular weight excluding hydrogens is 342 g/mol. The van der Waals surface area contributed by atoms with Gasteiger partial charge in [-0.3, -0.25) is 9.69 Å². The first-order valence-electron chi connectivity index (χ1n) is 9.70. The standard InChI is InChI=1S/C21H27N3O3/c1-21(2,3)27-20(26)24-11-6-9-18(24)19(25)23-12-10-15-14-7-4-5-8-16(14)22-17(15)13-23/h4-5,7-8,18,22H,6,9-13H2,1-3H3/t18-/m0/s1. The summed E-state index contributed by atoms with van der Waals surface area (Å²) in [6.07, 6.45) is 1.99. The van der Waals surface area contributed by atoms with Crippen LogP contribution in [0.5, 0.6) is 0 Å². The second-order valence-electron chi connectivity index (χ2n) is 8.47. The van der Waals surface area contributed by atoms with Crippen molar-refractivity contribution in [3.05, 3.63) is 35.5 Å². The lowest BCUT2D eigenvalue weighted by molar-refractivity contribution is -0.136. The van der Waals surface area contributed by atoms with Crippen LogP contribution in [0.15, 0.2) is 24.3 Å². The molecule has 2 aromatic rings. The third-order valence-corrected chi connectivity index (χ3v) is 5.36. The highest BCUT2D eigenvalue weighted by Gasteiger charge is 2.39. The highest BCUT2D eigenvalue weighted by atomic mass is 16.6.